The lowest BCUT2D eigenvalue weighted by molar-refractivity contribution is 0.0990. The van der Waals surface area contributed by atoms with Gasteiger partial charge in [-0.3, -0.25) is 4.31 Å². The van der Waals surface area contributed by atoms with Crippen LogP contribution in [0.4, 0.5) is 5.69 Å². The fourth-order valence-corrected chi connectivity index (χ4v) is 8.34. The molecule has 32 heavy (non-hydrogen) atoms. The first-order chi connectivity index (χ1) is 15.1. The summed E-state index contributed by atoms with van der Waals surface area (Å²) in [4.78, 5) is 4.74. The van der Waals surface area contributed by atoms with Crippen LogP contribution in [0.3, 0.4) is 0 Å². The fraction of sp³-hybridized carbons (Fsp3) is 0.727. The molecule has 1 aliphatic carbocycles. The molecule has 1 N–H and O–H groups in total. The Balaban J connectivity index is 1.49. The average molecular weight is 485 g/mol. The van der Waals surface area contributed by atoms with Crippen LogP contribution < -0.4 is 9.14 Å². The van der Waals surface area contributed by atoms with Gasteiger partial charge in [-0.05, 0) is 62.0 Å². The van der Waals surface area contributed by atoms with Gasteiger partial charge in [-0.2, -0.15) is 8.42 Å². The van der Waals surface area contributed by atoms with Crippen molar-refractivity contribution in [2.24, 2.45) is 11.8 Å². The molecule has 1 aromatic carbocycles. The number of likely N-dealkylation sites (tertiary alicyclic amines) is 1. The maximum Gasteiger partial charge on any atom is 0.318 e. The Morgan fingerprint density at radius 2 is 1.59 bits per heavy atom. The number of para-hydroxylation sites is 1. The van der Waals surface area contributed by atoms with E-state index in [-0.39, 0.29) is 12.6 Å². The van der Waals surface area contributed by atoms with Crippen LogP contribution in [0.1, 0.15) is 57.9 Å². The Morgan fingerprint density at radius 1 is 0.969 bits per heavy atom. The number of sulfonamides is 1. The lowest BCUT2D eigenvalue weighted by Gasteiger charge is -2.46. The number of anilines is 1. The van der Waals surface area contributed by atoms with Crippen molar-refractivity contribution in [2.45, 2.75) is 71.0 Å². The maximum absolute atomic E-state index is 13.4. The zero-order valence-corrected chi connectivity index (χ0v) is 20.9. The van der Waals surface area contributed by atoms with Gasteiger partial charge < -0.3 is 4.90 Å². The highest BCUT2D eigenvalue weighted by Crippen LogP contribution is 2.37. The number of piperidine rings is 1. The summed E-state index contributed by atoms with van der Waals surface area (Å²) in [7, 11) is -7.74. The number of hydrazine groups is 1. The van der Waals surface area contributed by atoms with Crippen molar-refractivity contribution >= 4 is 25.9 Å². The van der Waals surface area contributed by atoms with Crippen LogP contribution >= 0.6 is 0 Å². The Kier molecular flexibility index (Phi) is 6.89. The highest BCUT2D eigenvalue weighted by molar-refractivity contribution is 7.92. The molecule has 2 aliphatic heterocycles. The molecule has 1 saturated heterocycles. The summed E-state index contributed by atoms with van der Waals surface area (Å²) in [6.07, 6.45) is 7.47. The van der Waals surface area contributed by atoms with Gasteiger partial charge in [-0.25, -0.2) is 8.42 Å². The van der Waals surface area contributed by atoms with Crippen LogP contribution in [0.5, 0.6) is 0 Å². The van der Waals surface area contributed by atoms with E-state index in [1.54, 1.807) is 0 Å². The molecule has 0 spiro atoms. The van der Waals surface area contributed by atoms with Gasteiger partial charge in [0.1, 0.15) is 0 Å². The van der Waals surface area contributed by atoms with Gasteiger partial charge in [0.05, 0.1) is 18.5 Å². The lowest BCUT2D eigenvalue weighted by Crippen LogP contribution is -2.59. The Labute approximate surface area is 193 Å². The second kappa shape index (κ2) is 9.21. The summed E-state index contributed by atoms with van der Waals surface area (Å²) >= 11 is 0. The Hall–Kier alpha value is -1.20. The summed E-state index contributed by atoms with van der Waals surface area (Å²) in [5, 5.41) is 0. The highest BCUT2D eigenvalue weighted by atomic mass is 32.2. The number of rotatable bonds is 5. The molecule has 0 unspecified atom stereocenters. The van der Waals surface area contributed by atoms with Crippen LogP contribution in [0, 0.1) is 11.8 Å². The number of hydrogen-bond acceptors (Lipinski definition) is 5. The minimum atomic E-state index is -4.01. The van der Waals surface area contributed by atoms with Gasteiger partial charge in [0, 0.05) is 25.2 Å². The molecule has 180 valence electrons. The summed E-state index contributed by atoms with van der Waals surface area (Å²) in [6.45, 7) is 6.36. The summed E-state index contributed by atoms with van der Waals surface area (Å²) in [6, 6.07) is 7.78. The van der Waals surface area contributed by atoms with E-state index in [0.717, 1.165) is 54.0 Å². The topological polar surface area (TPSA) is 90.0 Å². The molecule has 2 fully saturated rings. The standard InChI is InChI=1S/C22H36N4O4S2/c1-17(2)18-8-10-20(11-9-18)24-14-12-21(13-15-24)26-22-7-5-4-6-19(22)16-25(32(26,29)30)23-31(3,27)28/h4-7,17-18,20-21,23H,8-16H2,1-3H3. The summed E-state index contributed by atoms with van der Waals surface area (Å²) in [5.41, 5.74) is 1.46. The van der Waals surface area contributed by atoms with E-state index in [1.165, 1.54) is 30.0 Å². The predicted octanol–water partition coefficient (Wildman–Crippen LogP) is 2.70. The van der Waals surface area contributed by atoms with E-state index in [2.05, 4.69) is 23.6 Å². The molecular formula is C22H36N4O4S2. The number of nitrogens with one attached hydrogen (secondary N) is 1. The molecule has 0 amide bonds. The summed E-state index contributed by atoms with van der Waals surface area (Å²) in [5.74, 6) is 1.57. The van der Waals surface area contributed by atoms with Gasteiger partial charge in [0.2, 0.25) is 10.0 Å². The van der Waals surface area contributed by atoms with E-state index in [9.17, 15) is 16.8 Å². The van der Waals surface area contributed by atoms with Crippen molar-refractivity contribution in [3.63, 3.8) is 0 Å². The SMILES string of the molecule is CC(C)C1CCC(N2CCC(N3c4ccccc4CN(NS(C)(=O)=O)S3(=O)=O)CC2)CC1. The molecule has 0 aromatic heterocycles. The largest absolute Gasteiger partial charge is 0.318 e. The van der Waals surface area contributed by atoms with Crippen LogP contribution in [-0.2, 0) is 26.8 Å². The van der Waals surface area contributed by atoms with E-state index < -0.39 is 20.2 Å². The quantitative estimate of drug-likeness (QED) is 0.694. The third kappa shape index (κ3) is 4.99. The van der Waals surface area contributed by atoms with E-state index in [4.69, 9.17) is 0 Å². The maximum atomic E-state index is 13.4. The number of benzene rings is 1. The Bertz CT molecular complexity index is 1010. The molecule has 4 rings (SSSR count). The van der Waals surface area contributed by atoms with Crippen molar-refractivity contribution in [3.05, 3.63) is 29.8 Å². The molecule has 1 aromatic rings. The van der Waals surface area contributed by atoms with Gasteiger partial charge in [-0.1, -0.05) is 32.0 Å². The van der Waals surface area contributed by atoms with Gasteiger partial charge >= 0.3 is 10.2 Å². The number of fused-ring (bicyclic) bond motifs is 1. The van der Waals surface area contributed by atoms with Crippen molar-refractivity contribution < 1.29 is 16.8 Å². The molecule has 2 heterocycles. The minimum Gasteiger partial charge on any atom is -0.300 e. The predicted molar refractivity (Wildman–Crippen MR) is 127 cm³/mol. The highest BCUT2D eigenvalue weighted by Gasteiger charge is 2.43. The first-order valence-corrected chi connectivity index (χ1v) is 15.0. The van der Waals surface area contributed by atoms with Crippen molar-refractivity contribution in [1.29, 1.82) is 0 Å². The summed E-state index contributed by atoms with van der Waals surface area (Å²) < 4.78 is 52.9. The molecule has 0 bridgehead atoms. The van der Waals surface area contributed by atoms with Crippen LogP contribution in [0.2, 0.25) is 0 Å². The molecule has 0 radical (unpaired) electrons. The first-order valence-electron chi connectivity index (χ1n) is 11.7. The third-order valence-electron chi connectivity index (χ3n) is 7.37. The minimum absolute atomic E-state index is 0.0139. The second-order valence-corrected chi connectivity index (χ2v) is 13.3. The van der Waals surface area contributed by atoms with E-state index in [1.807, 2.05) is 24.3 Å². The molecular weight excluding hydrogens is 448 g/mol. The van der Waals surface area contributed by atoms with E-state index >= 15 is 0 Å². The third-order valence-corrected chi connectivity index (χ3v) is 9.81. The number of hydrogen-bond donors (Lipinski definition) is 1. The smallest absolute Gasteiger partial charge is 0.300 e. The zero-order chi connectivity index (χ0) is 23.1. The van der Waals surface area contributed by atoms with Crippen molar-refractivity contribution in [1.82, 2.24) is 14.1 Å². The monoisotopic (exact) mass is 484 g/mol. The molecule has 8 nitrogen and oxygen atoms in total. The number of nitrogens with zero attached hydrogens (tertiary/aromatic N) is 3. The molecule has 0 atom stereocenters. The van der Waals surface area contributed by atoms with Crippen LogP contribution in [0.15, 0.2) is 24.3 Å². The van der Waals surface area contributed by atoms with Crippen molar-refractivity contribution in [3.8, 4) is 0 Å². The molecule has 10 heteroatoms. The van der Waals surface area contributed by atoms with Gasteiger partial charge in [-0.15, -0.1) is 9.25 Å². The zero-order valence-electron chi connectivity index (χ0n) is 19.3. The molecule has 3 aliphatic rings. The van der Waals surface area contributed by atoms with Gasteiger partial charge in [0.15, 0.2) is 0 Å². The van der Waals surface area contributed by atoms with Crippen LogP contribution in [0.25, 0.3) is 0 Å². The fourth-order valence-electron chi connectivity index (χ4n) is 5.59. The average Bonchev–Trinajstić information content (AvgIpc) is 2.73. The van der Waals surface area contributed by atoms with E-state index in [0.29, 0.717) is 11.7 Å². The lowest BCUT2D eigenvalue weighted by atomic mass is 9.79. The molecule has 1 saturated carbocycles. The van der Waals surface area contributed by atoms with Crippen molar-refractivity contribution in [2.75, 3.05) is 23.7 Å². The first kappa shape index (κ1) is 23.9. The normalized spacial score (nSPS) is 28.1. The van der Waals surface area contributed by atoms with Gasteiger partial charge in [0.25, 0.3) is 0 Å². The second-order valence-electron chi connectivity index (χ2n) is 9.88. The van der Waals surface area contributed by atoms with Crippen LogP contribution in [-0.4, -0.2) is 57.6 Å². The Morgan fingerprint density at radius 3 is 2.19 bits per heavy atom.